The Morgan fingerprint density at radius 1 is 1.12 bits per heavy atom. The van der Waals surface area contributed by atoms with Crippen molar-refractivity contribution in [1.29, 1.82) is 0 Å². The summed E-state index contributed by atoms with van der Waals surface area (Å²) in [5.41, 5.74) is 2.41. The van der Waals surface area contributed by atoms with Crippen LogP contribution in [0.15, 0.2) is 48.8 Å². The molecule has 2 atom stereocenters. The number of benzene rings is 1. The van der Waals surface area contributed by atoms with Crippen LogP contribution in [0.3, 0.4) is 0 Å². The Kier molecular flexibility index (Phi) is 4.73. The first-order valence-corrected chi connectivity index (χ1v) is 9.22. The molecule has 2 fully saturated rings. The Morgan fingerprint density at radius 3 is 2.72 bits per heavy atom. The zero-order valence-corrected chi connectivity index (χ0v) is 14.9. The third kappa shape index (κ3) is 3.70. The summed E-state index contributed by atoms with van der Waals surface area (Å²) < 4.78 is 0. The molecule has 2 aromatic rings. The van der Waals surface area contributed by atoms with E-state index >= 15 is 0 Å². The van der Waals surface area contributed by atoms with Gasteiger partial charge in [0.2, 0.25) is 5.91 Å². The molecular formula is C20H22ClN3O. The highest BCUT2D eigenvalue weighted by molar-refractivity contribution is 6.30. The van der Waals surface area contributed by atoms with Gasteiger partial charge in [-0.05, 0) is 35.7 Å². The number of halogens is 1. The maximum Gasteiger partial charge on any atom is 0.222 e. The Morgan fingerprint density at radius 2 is 1.96 bits per heavy atom. The third-order valence-electron chi connectivity index (χ3n) is 5.35. The van der Waals surface area contributed by atoms with Crippen LogP contribution >= 0.6 is 11.6 Å². The van der Waals surface area contributed by atoms with Gasteiger partial charge >= 0.3 is 0 Å². The van der Waals surface area contributed by atoms with Crippen molar-refractivity contribution in [2.24, 2.45) is 5.92 Å². The van der Waals surface area contributed by atoms with Crippen molar-refractivity contribution in [3.05, 3.63) is 64.9 Å². The lowest BCUT2D eigenvalue weighted by molar-refractivity contribution is -0.130. The lowest BCUT2D eigenvalue weighted by atomic mass is 9.91. The fraction of sp³-hybridized carbons (Fsp3) is 0.400. The lowest BCUT2D eigenvalue weighted by Gasteiger charge is -2.43. The van der Waals surface area contributed by atoms with Gasteiger partial charge in [-0.25, -0.2) is 0 Å². The largest absolute Gasteiger partial charge is 0.341 e. The van der Waals surface area contributed by atoms with E-state index < -0.39 is 0 Å². The molecule has 130 valence electrons. The summed E-state index contributed by atoms with van der Waals surface area (Å²) in [6, 6.07) is 12.5. The molecule has 4 rings (SSSR count). The molecule has 25 heavy (non-hydrogen) atoms. The summed E-state index contributed by atoms with van der Waals surface area (Å²) in [7, 11) is 0. The minimum Gasteiger partial charge on any atom is -0.341 e. The van der Waals surface area contributed by atoms with E-state index in [2.05, 4.69) is 22.0 Å². The molecule has 1 aromatic heterocycles. The van der Waals surface area contributed by atoms with Crippen molar-refractivity contribution in [2.45, 2.75) is 25.4 Å². The molecule has 5 heteroatoms. The highest BCUT2D eigenvalue weighted by atomic mass is 35.5. The topological polar surface area (TPSA) is 36.4 Å². The number of fused-ring (bicyclic) bond motifs is 1. The molecule has 1 amide bonds. The van der Waals surface area contributed by atoms with E-state index in [1.54, 1.807) is 6.20 Å². The second-order valence-electron chi connectivity index (χ2n) is 7.04. The van der Waals surface area contributed by atoms with Crippen molar-refractivity contribution < 1.29 is 4.79 Å². The fourth-order valence-corrected chi connectivity index (χ4v) is 4.04. The molecule has 4 nitrogen and oxygen atoms in total. The minimum atomic E-state index is 0.268. The second kappa shape index (κ2) is 7.14. The molecule has 0 aliphatic carbocycles. The summed E-state index contributed by atoms with van der Waals surface area (Å²) in [4.78, 5) is 21.1. The molecule has 2 aliphatic rings. The van der Waals surface area contributed by atoms with Crippen LogP contribution in [-0.2, 0) is 17.8 Å². The normalized spacial score (nSPS) is 22.5. The Hall–Kier alpha value is -1.91. The first-order valence-electron chi connectivity index (χ1n) is 8.84. The first kappa shape index (κ1) is 16.6. The fourth-order valence-electron chi connectivity index (χ4n) is 3.91. The number of pyridine rings is 1. The van der Waals surface area contributed by atoms with Crippen molar-refractivity contribution in [1.82, 2.24) is 14.8 Å². The van der Waals surface area contributed by atoms with Crippen LogP contribution in [0, 0.1) is 5.92 Å². The lowest BCUT2D eigenvalue weighted by Crippen LogP contribution is -2.54. The smallest absolute Gasteiger partial charge is 0.222 e. The van der Waals surface area contributed by atoms with Gasteiger partial charge in [0, 0.05) is 62.0 Å². The summed E-state index contributed by atoms with van der Waals surface area (Å²) in [6.07, 6.45) is 4.95. The molecule has 0 N–H and O–H groups in total. The van der Waals surface area contributed by atoms with Crippen LogP contribution in [0.2, 0.25) is 5.02 Å². The van der Waals surface area contributed by atoms with Gasteiger partial charge in [-0.3, -0.25) is 14.7 Å². The van der Waals surface area contributed by atoms with Crippen molar-refractivity contribution >= 4 is 17.5 Å². The number of rotatable bonds is 5. The van der Waals surface area contributed by atoms with Crippen molar-refractivity contribution in [3.63, 3.8) is 0 Å². The molecule has 3 heterocycles. The number of likely N-dealkylation sites (tertiary alicyclic amines) is 2. The maximum absolute atomic E-state index is 12.5. The molecular weight excluding hydrogens is 334 g/mol. The van der Waals surface area contributed by atoms with Crippen molar-refractivity contribution in [3.8, 4) is 0 Å². The second-order valence-corrected chi connectivity index (χ2v) is 7.48. The van der Waals surface area contributed by atoms with Gasteiger partial charge in [-0.1, -0.05) is 29.8 Å². The van der Waals surface area contributed by atoms with Crippen LogP contribution in [0.4, 0.5) is 0 Å². The Bertz CT molecular complexity index is 734. The van der Waals surface area contributed by atoms with Crippen LogP contribution in [0.5, 0.6) is 0 Å². The van der Waals surface area contributed by atoms with E-state index in [0.717, 1.165) is 43.2 Å². The van der Waals surface area contributed by atoms with E-state index in [0.29, 0.717) is 18.4 Å². The third-order valence-corrected chi connectivity index (χ3v) is 5.60. The average Bonchev–Trinajstić information content (AvgIpc) is 2.97. The minimum absolute atomic E-state index is 0.268. The van der Waals surface area contributed by atoms with Gasteiger partial charge in [0.15, 0.2) is 0 Å². The standard InChI is InChI=1S/C20H22ClN3O/c21-18-6-3-16(4-7-18)11-23-12-17-13-24(14-19(17)23)20(25)8-5-15-2-1-9-22-10-15/h1-4,6-7,9-10,17,19H,5,8,11-14H2. The SMILES string of the molecule is O=C(CCc1cccnc1)N1CC2CN(Cc3ccc(Cl)cc3)C2C1. The predicted molar refractivity (Wildman–Crippen MR) is 98.3 cm³/mol. The number of hydrogen-bond acceptors (Lipinski definition) is 3. The number of hydrogen-bond donors (Lipinski definition) is 0. The van der Waals surface area contributed by atoms with Crippen molar-refractivity contribution in [2.75, 3.05) is 19.6 Å². The van der Waals surface area contributed by atoms with Gasteiger partial charge in [0.25, 0.3) is 0 Å². The summed E-state index contributed by atoms with van der Waals surface area (Å²) in [5, 5.41) is 0.775. The van der Waals surface area contributed by atoms with Gasteiger partial charge < -0.3 is 4.90 Å². The zero-order chi connectivity index (χ0) is 17.2. The van der Waals surface area contributed by atoms with Crippen LogP contribution < -0.4 is 0 Å². The number of amides is 1. The highest BCUT2D eigenvalue weighted by Crippen LogP contribution is 2.34. The first-order chi connectivity index (χ1) is 12.2. The van der Waals surface area contributed by atoms with Gasteiger partial charge in [-0.15, -0.1) is 0 Å². The van der Waals surface area contributed by atoms with Crippen LogP contribution in [-0.4, -0.2) is 46.4 Å². The molecule has 0 saturated carbocycles. The summed E-state index contributed by atoms with van der Waals surface area (Å²) in [5.74, 6) is 0.902. The molecule has 0 spiro atoms. The summed E-state index contributed by atoms with van der Waals surface area (Å²) >= 11 is 5.95. The van der Waals surface area contributed by atoms with E-state index in [9.17, 15) is 4.79 Å². The van der Waals surface area contributed by atoms with E-state index in [1.807, 2.05) is 35.4 Å². The number of aromatic nitrogens is 1. The van der Waals surface area contributed by atoms with Crippen LogP contribution in [0.25, 0.3) is 0 Å². The van der Waals surface area contributed by atoms with E-state index in [-0.39, 0.29) is 5.91 Å². The van der Waals surface area contributed by atoms with E-state index in [1.165, 1.54) is 5.56 Å². The number of nitrogens with zero attached hydrogens (tertiary/aromatic N) is 3. The molecule has 1 aromatic carbocycles. The molecule has 2 unspecified atom stereocenters. The molecule has 2 aliphatic heterocycles. The Labute approximate surface area is 153 Å². The van der Waals surface area contributed by atoms with Gasteiger partial charge in [0.1, 0.15) is 0 Å². The molecule has 0 bridgehead atoms. The van der Waals surface area contributed by atoms with Crippen LogP contribution in [0.1, 0.15) is 17.5 Å². The maximum atomic E-state index is 12.5. The number of carbonyl (C=O) groups excluding carboxylic acids is 1. The zero-order valence-electron chi connectivity index (χ0n) is 14.1. The number of carbonyl (C=O) groups is 1. The van der Waals surface area contributed by atoms with E-state index in [4.69, 9.17) is 11.6 Å². The average molecular weight is 356 g/mol. The predicted octanol–water partition coefficient (Wildman–Crippen LogP) is 3.01. The van der Waals surface area contributed by atoms with Gasteiger partial charge in [0.05, 0.1) is 0 Å². The van der Waals surface area contributed by atoms with Gasteiger partial charge in [-0.2, -0.15) is 0 Å². The monoisotopic (exact) mass is 355 g/mol. The number of aryl methyl sites for hydroxylation is 1. The summed E-state index contributed by atoms with van der Waals surface area (Å²) in [6.45, 7) is 3.80. The molecule has 2 saturated heterocycles. The Balaban J connectivity index is 1.28. The molecule has 0 radical (unpaired) electrons. The quantitative estimate of drug-likeness (QED) is 0.827. The highest BCUT2D eigenvalue weighted by Gasteiger charge is 2.46.